The van der Waals surface area contributed by atoms with Crippen LogP contribution in [-0.4, -0.2) is 9.55 Å². The lowest BCUT2D eigenvalue weighted by Gasteiger charge is -2.18. The number of rotatable bonds is 5. The molecule has 9 aromatic carbocycles. The van der Waals surface area contributed by atoms with Crippen LogP contribution in [0.2, 0.25) is 0 Å². The number of nitrogens with zero attached hydrogens (tertiary/aromatic N) is 2. The third-order valence-corrected chi connectivity index (χ3v) is 11.5. The summed E-state index contributed by atoms with van der Waals surface area (Å²) in [6, 6.07) is 69.0. The normalized spacial score (nSPS) is 11.7. The van der Waals surface area contributed by atoms with Crippen LogP contribution in [0.1, 0.15) is 5.56 Å². The molecule has 262 valence electrons. The maximum Gasteiger partial charge on any atom is 0.0571 e. The highest BCUT2D eigenvalue weighted by Crippen LogP contribution is 2.44. The van der Waals surface area contributed by atoms with Gasteiger partial charge in [-0.1, -0.05) is 157 Å². The van der Waals surface area contributed by atoms with E-state index in [2.05, 4.69) is 205 Å². The van der Waals surface area contributed by atoms with Gasteiger partial charge in [0.2, 0.25) is 0 Å². The summed E-state index contributed by atoms with van der Waals surface area (Å²) in [4.78, 5) is 4.55. The molecule has 0 aliphatic heterocycles. The molecule has 56 heavy (non-hydrogen) atoms. The molecule has 0 unspecified atom stereocenters. The van der Waals surface area contributed by atoms with Gasteiger partial charge in [0.25, 0.3) is 0 Å². The first kappa shape index (κ1) is 32.2. The van der Waals surface area contributed by atoms with Gasteiger partial charge in [0.15, 0.2) is 0 Å². The SMILES string of the molecule is Cc1cccc(-c2ccc(-n3c4ccncc4c4cc(-c5ccc(-c6c7ccccc7c(-c7ccc8ccccc8c7)c7ccccc67)cc5)ccc43)cc2)c1. The molecular weight excluding hydrogens is 677 g/mol. The molecule has 0 bridgehead atoms. The predicted molar refractivity (Wildman–Crippen MR) is 238 cm³/mol. The number of fused-ring (bicyclic) bond motifs is 6. The monoisotopic (exact) mass is 712 g/mol. The minimum absolute atomic E-state index is 1.13. The second kappa shape index (κ2) is 12.9. The number of benzene rings is 9. The Kier molecular flexibility index (Phi) is 7.43. The fourth-order valence-corrected chi connectivity index (χ4v) is 8.88. The number of hydrogen-bond donors (Lipinski definition) is 0. The maximum atomic E-state index is 4.55. The van der Waals surface area contributed by atoms with Gasteiger partial charge in [-0.3, -0.25) is 4.98 Å². The minimum atomic E-state index is 1.13. The van der Waals surface area contributed by atoms with E-state index >= 15 is 0 Å². The molecule has 0 saturated heterocycles. The zero-order valence-electron chi connectivity index (χ0n) is 30.9. The average Bonchev–Trinajstić information content (AvgIpc) is 3.59. The Bertz CT molecular complexity index is 3240. The Labute approximate surface area is 325 Å². The summed E-state index contributed by atoms with van der Waals surface area (Å²) in [7, 11) is 0. The maximum absolute atomic E-state index is 4.55. The molecular formula is C54H36N2. The minimum Gasteiger partial charge on any atom is -0.309 e. The van der Waals surface area contributed by atoms with E-state index in [4.69, 9.17) is 0 Å². The molecule has 0 spiro atoms. The second-order valence-corrected chi connectivity index (χ2v) is 14.9. The Hall–Kier alpha value is -7.29. The molecule has 0 aliphatic carbocycles. The van der Waals surface area contributed by atoms with Gasteiger partial charge >= 0.3 is 0 Å². The van der Waals surface area contributed by atoms with Crippen LogP contribution in [0, 0.1) is 6.92 Å². The first-order valence-corrected chi connectivity index (χ1v) is 19.3. The number of aromatic nitrogens is 2. The lowest BCUT2D eigenvalue weighted by Crippen LogP contribution is -1.94. The van der Waals surface area contributed by atoms with E-state index in [1.165, 1.54) is 93.3 Å². The first-order chi connectivity index (χ1) is 27.7. The van der Waals surface area contributed by atoms with Gasteiger partial charge in [-0.2, -0.15) is 0 Å². The quantitative estimate of drug-likeness (QED) is 0.162. The molecule has 0 fully saturated rings. The lowest BCUT2D eigenvalue weighted by molar-refractivity contribution is 1.17. The Morgan fingerprint density at radius 3 is 1.61 bits per heavy atom. The van der Waals surface area contributed by atoms with Gasteiger partial charge in [-0.15, -0.1) is 0 Å². The van der Waals surface area contributed by atoms with Crippen LogP contribution in [-0.2, 0) is 0 Å². The largest absolute Gasteiger partial charge is 0.309 e. The van der Waals surface area contributed by atoms with Crippen LogP contribution in [0.5, 0.6) is 0 Å². The van der Waals surface area contributed by atoms with Crippen molar-refractivity contribution in [1.29, 1.82) is 0 Å². The van der Waals surface area contributed by atoms with E-state index < -0.39 is 0 Å². The zero-order chi connectivity index (χ0) is 37.2. The van der Waals surface area contributed by atoms with E-state index in [9.17, 15) is 0 Å². The van der Waals surface area contributed by atoms with Crippen LogP contribution in [0.15, 0.2) is 200 Å². The van der Waals surface area contributed by atoms with E-state index in [-0.39, 0.29) is 0 Å². The van der Waals surface area contributed by atoms with Crippen LogP contribution in [0.3, 0.4) is 0 Å². The van der Waals surface area contributed by atoms with Gasteiger partial charge < -0.3 is 4.57 Å². The van der Waals surface area contributed by atoms with Gasteiger partial charge in [0.05, 0.1) is 11.0 Å². The van der Waals surface area contributed by atoms with E-state index in [1.54, 1.807) is 0 Å². The van der Waals surface area contributed by atoms with Crippen molar-refractivity contribution in [2.45, 2.75) is 6.92 Å². The summed E-state index contributed by atoms with van der Waals surface area (Å²) in [5.74, 6) is 0. The Morgan fingerprint density at radius 2 is 0.911 bits per heavy atom. The molecule has 2 heterocycles. The fourth-order valence-electron chi connectivity index (χ4n) is 8.88. The van der Waals surface area contributed by atoms with Gasteiger partial charge in [-0.25, -0.2) is 0 Å². The van der Waals surface area contributed by atoms with Crippen molar-refractivity contribution in [2.75, 3.05) is 0 Å². The van der Waals surface area contributed by atoms with Crippen LogP contribution < -0.4 is 0 Å². The highest BCUT2D eigenvalue weighted by atomic mass is 15.0. The topological polar surface area (TPSA) is 17.8 Å². The molecule has 2 nitrogen and oxygen atoms in total. The smallest absolute Gasteiger partial charge is 0.0571 e. The van der Waals surface area contributed by atoms with Crippen LogP contribution in [0.4, 0.5) is 0 Å². The third kappa shape index (κ3) is 5.22. The molecule has 0 amide bonds. The zero-order valence-corrected chi connectivity index (χ0v) is 30.9. The van der Waals surface area contributed by atoms with E-state index in [0.717, 1.165) is 16.6 Å². The lowest BCUT2D eigenvalue weighted by atomic mass is 9.85. The van der Waals surface area contributed by atoms with Crippen molar-refractivity contribution in [1.82, 2.24) is 9.55 Å². The van der Waals surface area contributed by atoms with Crippen LogP contribution in [0.25, 0.3) is 104 Å². The summed E-state index contributed by atoms with van der Waals surface area (Å²) < 4.78 is 2.36. The second-order valence-electron chi connectivity index (χ2n) is 14.9. The van der Waals surface area contributed by atoms with E-state index in [0.29, 0.717) is 0 Å². The summed E-state index contributed by atoms with van der Waals surface area (Å²) >= 11 is 0. The Balaban J connectivity index is 1.01. The van der Waals surface area contributed by atoms with Crippen LogP contribution >= 0.6 is 0 Å². The van der Waals surface area contributed by atoms with Crippen molar-refractivity contribution >= 4 is 54.1 Å². The van der Waals surface area contributed by atoms with Crippen molar-refractivity contribution in [3.8, 4) is 50.2 Å². The van der Waals surface area contributed by atoms with Crippen molar-refractivity contribution in [3.63, 3.8) is 0 Å². The highest BCUT2D eigenvalue weighted by Gasteiger charge is 2.18. The summed E-state index contributed by atoms with van der Waals surface area (Å²) in [6.07, 6.45) is 3.89. The molecule has 0 aliphatic rings. The first-order valence-electron chi connectivity index (χ1n) is 19.3. The Morgan fingerprint density at radius 1 is 0.357 bits per heavy atom. The number of aryl methyl sites for hydroxylation is 1. The molecule has 2 aromatic heterocycles. The molecule has 0 N–H and O–H groups in total. The fraction of sp³-hybridized carbons (Fsp3) is 0.0185. The molecule has 0 saturated carbocycles. The summed E-state index contributed by atoms with van der Waals surface area (Å²) in [6.45, 7) is 2.14. The average molecular weight is 713 g/mol. The molecule has 11 rings (SSSR count). The third-order valence-electron chi connectivity index (χ3n) is 11.5. The molecule has 11 aromatic rings. The van der Waals surface area contributed by atoms with Crippen molar-refractivity contribution < 1.29 is 0 Å². The van der Waals surface area contributed by atoms with E-state index in [1.807, 2.05) is 12.4 Å². The van der Waals surface area contributed by atoms with Gasteiger partial charge in [0, 0.05) is 28.9 Å². The van der Waals surface area contributed by atoms with Crippen molar-refractivity contribution in [2.24, 2.45) is 0 Å². The summed E-state index contributed by atoms with van der Waals surface area (Å²) in [5, 5.41) is 9.90. The summed E-state index contributed by atoms with van der Waals surface area (Å²) in [5.41, 5.74) is 14.5. The molecule has 2 heteroatoms. The van der Waals surface area contributed by atoms with Gasteiger partial charge in [0.1, 0.15) is 0 Å². The molecule has 0 radical (unpaired) electrons. The molecule has 0 atom stereocenters. The number of hydrogen-bond acceptors (Lipinski definition) is 1. The standard InChI is InChI=1S/C54H36N2/c1-35-9-8-12-40(31-35)38-23-26-44(27-24-38)56-51-28-25-42(33-49(51)50-34-55-30-29-52(50)56)37-17-20-39(21-18-37)53-45-13-4-6-15-47(45)54(48-16-7-5-14-46(48)53)43-22-19-36-10-2-3-11-41(36)32-43/h2-34H,1H3. The highest BCUT2D eigenvalue weighted by molar-refractivity contribution is 6.21. The number of pyridine rings is 1. The van der Waals surface area contributed by atoms with Crippen molar-refractivity contribution in [3.05, 3.63) is 206 Å². The predicted octanol–water partition coefficient (Wildman–Crippen LogP) is 14.6. The van der Waals surface area contributed by atoms with Gasteiger partial charge in [-0.05, 0) is 120 Å².